The van der Waals surface area contributed by atoms with E-state index in [0.29, 0.717) is 11.5 Å². The van der Waals surface area contributed by atoms with Crippen molar-refractivity contribution in [1.29, 1.82) is 0 Å². The summed E-state index contributed by atoms with van der Waals surface area (Å²) in [7, 11) is 1.57. The Morgan fingerprint density at radius 2 is 1.25 bits per heavy atom. The molecule has 0 aliphatic carbocycles. The molecular formula is C49H51N3O12. The highest BCUT2D eigenvalue weighted by Crippen LogP contribution is 2.40. The largest absolute Gasteiger partial charge is 0.497 e. The van der Waals surface area contributed by atoms with Gasteiger partial charge in [-0.25, -0.2) is 0 Å². The minimum atomic E-state index is -1.35. The lowest BCUT2D eigenvalue weighted by Crippen LogP contribution is -2.67. The highest BCUT2D eigenvalue weighted by atomic mass is 16.8. The van der Waals surface area contributed by atoms with Gasteiger partial charge in [0.15, 0.2) is 18.7 Å². The average molecular weight is 874 g/mol. The standard InChI is InChI=1S/C49H51N3O12/c1-32(53)59-46-45(57-29-35-19-11-5-12-20-35)42(56-28-34-17-9-4-10-18-34)39(30-55-27-33-15-7-3-8-16-33)62-49(46)64-44-41(51-52-50)48(60-38-25-23-37(54-2)24-26-38)61-40-31-58-47(63-43(40)44)36-21-13-6-14-22-36/h3-26,39-49H,27-31H2,1-2H3/t39-,40-,41-,42-,43-,44-,45+,46-,47?,48-,49+/m1/s1. The predicted octanol–water partition coefficient (Wildman–Crippen LogP) is 8.02. The molecule has 11 atom stereocenters. The second-order valence-electron chi connectivity index (χ2n) is 15.4. The van der Waals surface area contributed by atoms with Crippen molar-refractivity contribution in [2.75, 3.05) is 20.3 Å². The molecule has 334 valence electrons. The quantitative estimate of drug-likeness (QED) is 0.0361. The molecule has 3 fully saturated rings. The molecule has 64 heavy (non-hydrogen) atoms. The zero-order valence-electron chi connectivity index (χ0n) is 35.5. The lowest BCUT2D eigenvalue weighted by Gasteiger charge is -2.51. The van der Waals surface area contributed by atoms with Gasteiger partial charge in [-0.1, -0.05) is 126 Å². The monoisotopic (exact) mass is 873 g/mol. The topological polar surface area (TPSA) is 167 Å². The minimum absolute atomic E-state index is 0.0371. The Hall–Kier alpha value is -5.84. The van der Waals surface area contributed by atoms with E-state index in [9.17, 15) is 10.3 Å². The Morgan fingerprint density at radius 3 is 1.84 bits per heavy atom. The van der Waals surface area contributed by atoms with Gasteiger partial charge in [-0.05, 0) is 46.5 Å². The van der Waals surface area contributed by atoms with E-state index < -0.39 is 73.6 Å². The van der Waals surface area contributed by atoms with Crippen LogP contribution in [-0.4, -0.2) is 87.6 Å². The van der Waals surface area contributed by atoms with Crippen LogP contribution in [0.25, 0.3) is 10.4 Å². The van der Waals surface area contributed by atoms with Crippen LogP contribution in [0.3, 0.4) is 0 Å². The van der Waals surface area contributed by atoms with Crippen molar-refractivity contribution in [2.45, 2.75) is 94.4 Å². The second-order valence-corrected chi connectivity index (χ2v) is 15.4. The van der Waals surface area contributed by atoms with Crippen LogP contribution in [0.1, 0.15) is 35.5 Å². The van der Waals surface area contributed by atoms with E-state index in [1.807, 2.05) is 121 Å². The highest BCUT2D eigenvalue weighted by molar-refractivity contribution is 5.66. The van der Waals surface area contributed by atoms with Gasteiger partial charge in [-0.15, -0.1) is 0 Å². The first-order chi connectivity index (χ1) is 31.4. The van der Waals surface area contributed by atoms with Crippen molar-refractivity contribution in [2.24, 2.45) is 5.11 Å². The summed E-state index contributed by atoms with van der Waals surface area (Å²) in [5.74, 6) is 0.421. The number of fused-ring (bicyclic) bond motifs is 1. The molecule has 0 saturated carbocycles. The zero-order valence-corrected chi connectivity index (χ0v) is 35.5. The Labute approximate surface area is 371 Å². The Bertz CT molecular complexity index is 2240. The van der Waals surface area contributed by atoms with Gasteiger partial charge in [-0.3, -0.25) is 4.79 Å². The number of hydrogen-bond acceptors (Lipinski definition) is 13. The summed E-state index contributed by atoms with van der Waals surface area (Å²) in [6, 6.07) is 44.2. The third-order valence-electron chi connectivity index (χ3n) is 11.0. The van der Waals surface area contributed by atoms with E-state index in [1.165, 1.54) is 6.92 Å². The van der Waals surface area contributed by atoms with Crippen molar-refractivity contribution in [3.63, 3.8) is 0 Å². The first-order valence-electron chi connectivity index (χ1n) is 21.2. The lowest BCUT2D eigenvalue weighted by atomic mass is 9.94. The fraction of sp³-hybridized carbons (Fsp3) is 0.367. The molecule has 0 amide bonds. The van der Waals surface area contributed by atoms with Gasteiger partial charge in [0.05, 0.1) is 40.1 Å². The molecule has 5 aromatic carbocycles. The molecule has 0 aromatic heterocycles. The van der Waals surface area contributed by atoms with Crippen LogP contribution in [0.5, 0.6) is 11.5 Å². The molecule has 0 spiro atoms. The van der Waals surface area contributed by atoms with Gasteiger partial charge in [0, 0.05) is 17.4 Å². The molecule has 0 bridgehead atoms. The number of esters is 1. The summed E-state index contributed by atoms with van der Waals surface area (Å²) in [4.78, 5) is 16.4. The summed E-state index contributed by atoms with van der Waals surface area (Å²) in [6.45, 7) is 2.02. The number of carbonyl (C=O) groups is 1. The number of ether oxygens (including phenoxy) is 11. The van der Waals surface area contributed by atoms with E-state index in [1.54, 1.807) is 31.4 Å². The molecular weight excluding hydrogens is 823 g/mol. The first-order valence-corrected chi connectivity index (χ1v) is 21.2. The summed E-state index contributed by atoms with van der Waals surface area (Å²) < 4.78 is 70.9. The van der Waals surface area contributed by atoms with Gasteiger partial charge in [-0.2, -0.15) is 0 Å². The number of azide groups is 1. The normalized spacial score (nSPS) is 27.6. The maximum atomic E-state index is 13.2. The molecule has 0 N–H and O–H groups in total. The van der Waals surface area contributed by atoms with Gasteiger partial charge in [0.25, 0.3) is 0 Å². The summed E-state index contributed by atoms with van der Waals surface area (Å²) in [5.41, 5.74) is 13.6. The molecule has 3 aliphatic rings. The maximum absolute atomic E-state index is 13.2. The third-order valence-corrected chi connectivity index (χ3v) is 11.0. The lowest BCUT2D eigenvalue weighted by molar-refractivity contribution is -0.374. The number of methoxy groups -OCH3 is 1. The molecule has 8 rings (SSSR count). The molecule has 0 radical (unpaired) electrons. The van der Waals surface area contributed by atoms with E-state index in [0.717, 1.165) is 22.3 Å². The van der Waals surface area contributed by atoms with Crippen molar-refractivity contribution in [3.05, 3.63) is 178 Å². The first kappa shape index (κ1) is 44.8. The van der Waals surface area contributed by atoms with Gasteiger partial charge < -0.3 is 52.1 Å². The molecule has 5 aromatic rings. The zero-order chi connectivity index (χ0) is 44.1. The summed E-state index contributed by atoms with van der Waals surface area (Å²) in [5, 5.41) is 4.21. The highest BCUT2D eigenvalue weighted by Gasteiger charge is 2.56. The Morgan fingerprint density at radius 1 is 0.672 bits per heavy atom. The van der Waals surface area contributed by atoms with E-state index in [-0.39, 0.29) is 33.0 Å². The number of rotatable bonds is 18. The number of hydrogen-bond donors (Lipinski definition) is 0. The van der Waals surface area contributed by atoms with Crippen molar-refractivity contribution < 1.29 is 56.9 Å². The van der Waals surface area contributed by atoms with Crippen LogP contribution < -0.4 is 9.47 Å². The van der Waals surface area contributed by atoms with Crippen LogP contribution in [-0.2, 0) is 67.2 Å². The van der Waals surface area contributed by atoms with Crippen LogP contribution in [0.4, 0.5) is 0 Å². The van der Waals surface area contributed by atoms with E-state index >= 15 is 0 Å². The number of benzene rings is 5. The third kappa shape index (κ3) is 11.5. The molecule has 3 aliphatic heterocycles. The van der Waals surface area contributed by atoms with E-state index in [4.69, 9.17) is 52.1 Å². The Balaban J connectivity index is 1.16. The summed E-state index contributed by atoms with van der Waals surface area (Å²) in [6.07, 6.45) is -10.0. The van der Waals surface area contributed by atoms with Crippen molar-refractivity contribution >= 4 is 5.97 Å². The van der Waals surface area contributed by atoms with Crippen molar-refractivity contribution in [3.8, 4) is 11.5 Å². The number of carbonyl (C=O) groups excluding carboxylic acids is 1. The predicted molar refractivity (Wildman–Crippen MR) is 230 cm³/mol. The van der Waals surface area contributed by atoms with E-state index in [2.05, 4.69) is 10.0 Å². The fourth-order valence-electron chi connectivity index (χ4n) is 7.95. The maximum Gasteiger partial charge on any atom is 0.303 e. The molecule has 15 nitrogen and oxygen atoms in total. The van der Waals surface area contributed by atoms with Crippen molar-refractivity contribution in [1.82, 2.24) is 0 Å². The molecule has 15 heteroatoms. The van der Waals surface area contributed by atoms with Crippen LogP contribution >= 0.6 is 0 Å². The molecule has 1 unspecified atom stereocenters. The fourth-order valence-corrected chi connectivity index (χ4v) is 7.95. The number of nitrogens with zero attached hydrogens (tertiary/aromatic N) is 3. The van der Waals surface area contributed by atoms with Gasteiger partial charge in [0.2, 0.25) is 6.29 Å². The SMILES string of the molecule is COc1ccc(O[C@@H]2O[C@@H]3COC(c4ccccc4)O[C@H]3[C@H](O[C@@H]3O[C@H](COCc4ccccc4)[C@@H](OCc4ccccc4)[C@H](OCc4ccccc4)[C@H]3OC(C)=O)[C@H]2N=[N+]=[N-])cc1. The van der Waals surface area contributed by atoms with Gasteiger partial charge >= 0.3 is 5.97 Å². The van der Waals surface area contributed by atoms with Crippen LogP contribution in [0.15, 0.2) is 151 Å². The minimum Gasteiger partial charge on any atom is -0.497 e. The smallest absolute Gasteiger partial charge is 0.303 e. The average Bonchev–Trinajstić information content (AvgIpc) is 3.33. The van der Waals surface area contributed by atoms with Crippen LogP contribution in [0, 0.1) is 0 Å². The second kappa shape index (κ2) is 22.2. The summed E-state index contributed by atoms with van der Waals surface area (Å²) >= 11 is 0. The van der Waals surface area contributed by atoms with Crippen LogP contribution in [0.2, 0.25) is 0 Å². The molecule has 3 heterocycles. The Kier molecular flexibility index (Phi) is 15.5. The van der Waals surface area contributed by atoms with Gasteiger partial charge in [0.1, 0.15) is 54.2 Å². The molecule has 3 saturated heterocycles.